The summed E-state index contributed by atoms with van der Waals surface area (Å²) in [5.74, 6) is -0.277. The average molecular weight is 387 g/mol. The SMILES string of the molecule is COc1ccc(C(=O)OC(C)C(=O)Nc2cc(C)ccc2C)c(OC)c1OC. The molecule has 0 aliphatic rings. The molecule has 0 fully saturated rings. The van der Waals surface area contributed by atoms with Crippen molar-refractivity contribution in [3.63, 3.8) is 0 Å². The molecule has 2 aromatic carbocycles. The number of esters is 1. The smallest absolute Gasteiger partial charge is 0.342 e. The second-order valence-electron chi connectivity index (χ2n) is 6.24. The van der Waals surface area contributed by atoms with Crippen molar-refractivity contribution >= 4 is 17.6 Å². The first-order valence-electron chi connectivity index (χ1n) is 8.70. The molecule has 28 heavy (non-hydrogen) atoms. The minimum Gasteiger partial charge on any atom is -0.493 e. The summed E-state index contributed by atoms with van der Waals surface area (Å²) in [6.45, 7) is 5.33. The van der Waals surface area contributed by atoms with Crippen molar-refractivity contribution in [1.82, 2.24) is 0 Å². The number of hydrogen-bond acceptors (Lipinski definition) is 6. The van der Waals surface area contributed by atoms with Crippen LogP contribution in [0.3, 0.4) is 0 Å². The lowest BCUT2D eigenvalue weighted by atomic mass is 10.1. The summed E-state index contributed by atoms with van der Waals surface area (Å²) < 4.78 is 21.1. The van der Waals surface area contributed by atoms with Crippen LogP contribution in [-0.4, -0.2) is 39.3 Å². The van der Waals surface area contributed by atoms with Gasteiger partial charge in [-0.15, -0.1) is 0 Å². The number of anilines is 1. The molecule has 7 nitrogen and oxygen atoms in total. The van der Waals surface area contributed by atoms with Gasteiger partial charge in [0.25, 0.3) is 5.91 Å². The van der Waals surface area contributed by atoms with E-state index < -0.39 is 18.0 Å². The second-order valence-corrected chi connectivity index (χ2v) is 6.24. The lowest BCUT2D eigenvalue weighted by Gasteiger charge is -2.18. The number of benzene rings is 2. The lowest BCUT2D eigenvalue weighted by Crippen LogP contribution is -2.30. The van der Waals surface area contributed by atoms with E-state index in [1.807, 2.05) is 32.0 Å². The monoisotopic (exact) mass is 387 g/mol. The fourth-order valence-corrected chi connectivity index (χ4v) is 2.64. The predicted octanol–water partition coefficient (Wildman–Crippen LogP) is 3.51. The predicted molar refractivity (Wildman–Crippen MR) is 106 cm³/mol. The Kier molecular flexibility index (Phi) is 6.87. The van der Waals surface area contributed by atoms with Crippen molar-refractivity contribution in [2.45, 2.75) is 26.9 Å². The Morgan fingerprint density at radius 3 is 2.21 bits per heavy atom. The van der Waals surface area contributed by atoms with Crippen molar-refractivity contribution in [3.05, 3.63) is 47.0 Å². The zero-order valence-corrected chi connectivity index (χ0v) is 16.9. The van der Waals surface area contributed by atoms with Crippen molar-refractivity contribution < 1.29 is 28.5 Å². The molecule has 0 radical (unpaired) electrons. The van der Waals surface area contributed by atoms with Crippen LogP contribution < -0.4 is 19.5 Å². The van der Waals surface area contributed by atoms with Crippen molar-refractivity contribution in [2.24, 2.45) is 0 Å². The minimum absolute atomic E-state index is 0.131. The highest BCUT2D eigenvalue weighted by molar-refractivity contribution is 5.99. The van der Waals surface area contributed by atoms with Crippen molar-refractivity contribution in [1.29, 1.82) is 0 Å². The summed E-state index contributed by atoms with van der Waals surface area (Å²) in [6, 6.07) is 8.80. The Bertz CT molecular complexity index is 877. The third-order valence-electron chi connectivity index (χ3n) is 4.23. The van der Waals surface area contributed by atoms with E-state index in [0.29, 0.717) is 11.4 Å². The Hall–Kier alpha value is -3.22. The first kappa shape index (κ1) is 21.1. The van der Waals surface area contributed by atoms with E-state index in [-0.39, 0.29) is 17.1 Å². The maximum atomic E-state index is 12.6. The molecule has 0 aliphatic carbocycles. The molecule has 0 heterocycles. The number of nitrogens with one attached hydrogen (secondary N) is 1. The van der Waals surface area contributed by atoms with E-state index in [2.05, 4.69) is 5.32 Å². The van der Waals surface area contributed by atoms with Crippen LogP contribution in [0, 0.1) is 13.8 Å². The molecule has 1 atom stereocenters. The molecule has 1 unspecified atom stereocenters. The number of rotatable bonds is 7. The number of carbonyl (C=O) groups is 2. The Labute approximate surface area is 164 Å². The number of ether oxygens (including phenoxy) is 4. The van der Waals surface area contributed by atoms with Gasteiger partial charge in [0.2, 0.25) is 5.75 Å². The van der Waals surface area contributed by atoms with Gasteiger partial charge < -0.3 is 24.3 Å². The maximum absolute atomic E-state index is 12.6. The standard InChI is InChI=1S/C21H25NO6/c1-12-7-8-13(2)16(11-12)22-20(23)14(3)28-21(24)15-9-10-17(25-4)19(27-6)18(15)26-5/h7-11,14H,1-6H3,(H,22,23). The van der Waals surface area contributed by atoms with Gasteiger partial charge >= 0.3 is 5.97 Å². The van der Waals surface area contributed by atoms with E-state index in [1.54, 1.807) is 6.07 Å². The van der Waals surface area contributed by atoms with E-state index in [9.17, 15) is 9.59 Å². The normalized spacial score (nSPS) is 11.4. The van der Waals surface area contributed by atoms with Crippen LogP contribution in [0.1, 0.15) is 28.4 Å². The summed E-state index contributed by atoms with van der Waals surface area (Å²) in [5, 5.41) is 2.78. The molecule has 150 valence electrons. The lowest BCUT2D eigenvalue weighted by molar-refractivity contribution is -0.123. The second kappa shape index (κ2) is 9.12. The van der Waals surface area contributed by atoms with Gasteiger partial charge in [0, 0.05) is 5.69 Å². The number of hydrogen-bond donors (Lipinski definition) is 1. The topological polar surface area (TPSA) is 83.1 Å². The van der Waals surface area contributed by atoms with Gasteiger partial charge in [-0.25, -0.2) is 4.79 Å². The highest BCUT2D eigenvalue weighted by Gasteiger charge is 2.25. The van der Waals surface area contributed by atoms with E-state index in [4.69, 9.17) is 18.9 Å². The highest BCUT2D eigenvalue weighted by Crippen LogP contribution is 2.40. The Balaban J connectivity index is 2.18. The van der Waals surface area contributed by atoms with Crippen LogP contribution in [0.2, 0.25) is 0 Å². The fourth-order valence-electron chi connectivity index (χ4n) is 2.64. The maximum Gasteiger partial charge on any atom is 0.342 e. The Morgan fingerprint density at radius 2 is 1.61 bits per heavy atom. The number of amides is 1. The molecule has 2 aromatic rings. The quantitative estimate of drug-likeness (QED) is 0.732. The molecular formula is C21H25NO6. The molecule has 0 spiro atoms. The van der Waals surface area contributed by atoms with Gasteiger partial charge in [0.15, 0.2) is 17.6 Å². The zero-order chi connectivity index (χ0) is 20.8. The van der Waals surface area contributed by atoms with Crippen LogP contribution in [-0.2, 0) is 9.53 Å². The molecule has 0 aromatic heterocycles. The highest BCUT2D eigenvalue weighted by atomic mass is 16.6. The summed E-state index contributed by atoms with van der Waals surface area (Å²) >= 11 is 0. The summed E-state index contributed by atoms with van der Waals surface area (Å²) in [7, 11) is 4.33. The number of aryl methyl sites for hydroxylation is 2. The van der Waals surface area contributed by atoms with Gasteiger partial charge in [-0.1, -0.05) is 12.1 Å². The van der Waals surface area contributed by atoms with Gasteiger partial charge in [-0.2, -0.15) is 0 Å². The van der Waals surface area contributed by atoms with Crippen LogP contribution >= 0.6 is 0 Å². The third-order valence-corrected chi connectivity index (χ3v) is 4.23. The van der Waals surface area contributed by atoms with Gasteiger partial charge in [-0.05, 0) is 50.1 Å². The van der Waals surface area contributed by atoms with Crippen LogP contribution in [0.15, 0.2) is 30.3 Å². The molecule has 2 rings (SSSR count). The van der Waals surface area contributed by atoms with Gasteiger partial charge in [-0.3, -0.25) is 4.79 Å². The molecule has 0 saturated carbocycles. The largest absolute Gasteiger partial charge is 0.493 e. The molecular weight excluding hydrogens is 362 g/mol. The zero-order valence-electron chi connectivity index (χ0n) is 16.9. The van der Waals surface area contributed by atoms with E-state index in [0.717, 1.165) is 11.1 Å². The first-order chi connectivity index (χ1) is 13.3. The van der Waals surface area contributed by atoms with Gasteiger partial charge in [0.05, 0.1) is 21.3 Å². The van der Waals surface area contributed by atoms with Crippen LogP contribution in [0.25, 0.3) is 0 Å². The first-order valence-corrected chi connectivity index (χ1v) is 8.70. The fraction of sp³-hybridized carbons (Fsp3) is 0.333. The van der Waals surface area contributed by atoms with E-state index >= 15 is 0 Å². The van der Waals surface area contributed by atoms with Gasteiger partial charge in [0.1, 0.15) is 5.56 Å². The molecule has 0 bridgehead atoms. The van der Waals surface area contributed by atoms with E-state index in [1.165, 1.54) is 34.3 Å². The summed E-state index contributed by atoms with van der Waals surface area (Å²) in [5.41, 5.74) is 2.74. The molecule has 1 N–H and O–H groups in total. The molecule has 7 heteroatoms. The molecule has 1 amide bonds. The average Bonchev–Trinajstić information content (AvgIpc) is 2.68. The Morgan fingerprint density at radius 1 is 0.929 bits per heavy atom. The minimum atomic E-state index is -1.01. The molecule has 0 aliphatic heterocycles. The number of methoxy groups -OCH3 is 3. The molecule has 0 saturated heterocycles. The van der Waals surface area contributed by atoms with Crippen molar-refractivity contribution in [3.8, 4) is 17.2 Å². The summed E-state index contributed by atoms with van der Waals surface area (Å²) in [4.78, 5) is 25.1. The van der Waals surface area contributed by atoms with Crippen LogP contribution in [0.5, 0.6) is 17.2 Å². The van der Waals surface area contributed by atoms with Crippen molar-refractivity contribution in [2.75, 3.05) is 26.6 Å². The summed E-state index contributed by atoms with van der Waals surface area (Å²) in [6.07, 6.45) is -1.01. The van der Waals surface area contributed by atoms with Crippen LogP contribution in [0.4, 0.5) is 5.69 Å². The third kappa shape index (κ3) is 4.54. The number of carbonyl (C=O) groups excluding carboxylic acids is 2.